The fourth-order valence-electron chi connectivity index (χ4n) is 2.90. The van der Waals surface area contributed by atoms with E-state index in [1.165, 1.54) is 16.5 Å². The number of ether oxygens (including phenoxy) is 2. The number of nitrogens with zero attached hydrogens (tertiary/aromatic N) is 2. The number of hydrogen-bond acceptors (Lipinski definition) is 5. The molecule has 154 valence electrons. The van der Waals surface area contributed by atoms with Crippen LogP contribution in [0.25, 0.3) is 0 Å². The molecule has 1 N–H and O–H groups in total. The maximum atomic E-state index is 13.8. The molecule has 0 spiro atoms. The van der Waals surface area contributed by atoms with Crippen molar-refractivity contribution in [1.82, 2.24) is 9.78 Å². The van der Waals surface area contributed by atoms with E-state index in [9.17, 15) is 4.39 Å². The number of nitrogens with one attached hydrogen (secondary N) is 1. The lowest BCUT2D eigenvalue weighted by Gasteiger charge is -2.14. The molecule has 3 aromatic rings. The molecule has 0 saturated carbocycles. The minimum atomic E-state index is -0.568. The minimum absolute atomic E-state index is 0.147. The SMILES string of the molecule is CCOc1ccc(C[NH+](C)Cn2nc([C@H](C)Oc3ccccc3F)oc2=S)cc1. The van der Waals surface area contributed by atoms with E-state index >= 15 is 0 Å². The summed E-state index contributed by atoms with van der Waals surface area (Å²) in [5.74, 6) is 0.888. The average molecular weight is 419 g/mol. The van der Waals surface area contributed by atoms with Crippen LogP contribution in [-0.2, 0) is 13.2 Å². The second-order valence-corrected chi connectivity index (χ2v) is 7.11. The zero-order valence-corrected chi connectivity index (χ0v) is 17.5. The Kier molecular flexibility index (Phi) is 7.00. The molecule has 3 rings (SSSR count). The highest BCUT2D eigenvalue weighted by Gasteiger charge is 2.18. The van der Waals surface area contributed by atoms with Crippen molar-refractivity contribution in [3.63, 3.8) is 0 Å². The van der Waals surface area contributed by atoms with Crippen LogP contribution < -0.4 is 14.4 Å². The first kappa shape index (κ1) is 21.0. The average Bonchev–Trinajstić information content (AvgIpc) is 3.06. The zero-order valence-electron chi connectivity index (χ0n) is 16.7. The fraction of sp³-hybridized carbons (Fsp3) is 0.333. The summed E-state index contributed by atoms with van der Waals surface area (Å²) in [6.45, 7) is 5.67. The molecular weight excluding hydrogens is 393 g/mol. The van der Waals surface area contributed by atoms with Crippen LogP contribution in [0.5, 0.6) is 11.5 Å². The van der Waals surface area contributed by atoms with Crippen LogP contribution in [0, 0.1) is 10.7 Å². The number of para-hydroxylation sites is 1. The molecular formula is C21H25FN3O3S+. The van der Waals surface area contributed by atoms with Gasteiger partial charge < -0.3 is 18.8 Å². The van der Waals surface area contributed by atoms with Gasteiger partial charge in [-0.1, -0.05) is 12.1 Å². The van der Waals surface area contributed by atoms with Gasteiger partial charge in [0, 0.05) is 5.56 Å². The topological polar surface area (TPSA) is 53.9 Å². The van der Waals surface area contributed by atoms with E-state index < -0.39 is 11.9 Å². The van der Waals surface area contributed by atoms with Crippen molar-refractivity contribution >= 4 is 12.2 Å². The van der Waals surface area contributed by atoms with E-state index in [4.69, 9.17) is 26.1 Å². The van der Waals surface area contributed by atoms with Gasteiger partial charge in [0.2, 0.25) is 0 Å². The number of hydrogen-bond donors (Lipinski definition) is 1. The Labute approximate surface area is 174 Å². The standard InChI is InChI=1S/C21H24FN3O3S/c1-4-26-17-11-9-16(10-12-17)13-24(3)14-25-21(29)28-20(23-25)15(2)27-19-8-6-5-7-18(19)22/h5-12,15H,4,13-14H2,1-3H3/p+1/t15-/m0/s1. The maximum absolute atomic E-state index is 13.8. The Morgan fingerprint density at radius 3 is 2.62 bits per heavy atom. The quantitative estimate of drug-likeness (QED) is 0.539. The lowest BCUT2D eigenvalue weighted by atomic mass is 10.2. The Morgan fingerprint density at radius 1 is 1.21 bits per heavy atom. The van der Waals surface area contributed by atoms with Crippen molar-refractivity contribution in [1.29, 1.82) is 0 Å². The predicted molar refractivity (Wildman–Crippen MR) is 109 cm³/mol. The van der Waals surface area contributed by atoms with Gasteiger partial charge in [0.1, 0.15) is 12.3 Å². The summed E-state index contributed by atoms with van der Waals surface area (Å²) < 4.78 is 32.1. The first-order valence-corrected chi connectivity index (χ1v) is 9.89. The third kappa shape index (κ3) is 5.65. The molecule has 0 radical (unpaired) electrons. The van der Waals surface area contributed by atoms with Gasteiger partial charge in [-0.15, -0.1) is 5.10 Å². The molecule has 29 heavy (non-hydrogen) atoms. The van der Waals surface area contributed by atoms with Gasteiger partial charge in [0.25, 0.3) is 10.7 Å². The molecule has 2 atom stereocenters. The molecule has 1 aromatic heterocycles. The first-order chi connectivity index (χ1) is 14.0. The predicted octanol–water partition coefficient (Wildman–Crippen LogP) is 3.56. The largest absolute Gasteiger partial charge is 0.494 e. The fourth-order valence-corrected chi connectivity index (χ4v) is 3.09. The van der Waals surface area contributed by atoms with Crippen LogP contribution in [0.15, 0.2) is 52.9 Å². The monoisotopic (exact) mass is 418 g/mol. The van der Waals surface area contributed by atoms with Crippen molar-refractivity contribution in [3.05, 3.63) is 70.6 Å². The van der Waals surface area contributed by atoms with Gasteiger partial charge in [-0.05, 0) is 62.5 Å². The third-order valence-corrected chi connectivity index (χ3v) is 4.56. The smallest absolute Gasteiger partial charge is 0.292 e. The van der Waals surface area contributed by atoms with E-state index in [0.29, 0.717) is 19.2 Å². The van der Waals surface area contributed by atoms with Crippen LogP contribution in [0.1, 0.15) is 31.4 Å². The van der Waals surface area contributed by atoms with E-state index in [1.54, 1.807) is 29.8 Å². The summed E-state index contributed by atoms with van der Waals surface area (Å²) in [7, 11) is 2.05. The Hall–Kier alpha value is -2.71. The molecule has 0 aliphatic heterocycles. The highest BCUT2D eigenvalue weighted by atomic mass is 32.1. The molecule has 2 aromatic carbocycles. The minimum Gasteiger partial charge on any atom is -0.494 e. The number of quaternary nitrogens is 1. The van der Waals surface area contributed by atoms with Crippen LogP contribution in [0.4, 0.5) is 4.39 Å². The number of rotatable bonds is 9. The molecule has 1 heterocycles. The zero-order chi connectivity index (χ0) is 20.8. The second kappa shape index (κ2) is 9.67. The van der Waals surface area contributed by atoms with Gasteiger partial charge in [-0.25, -0.2) is 4.39 Å². The molecule has 0 bridgehead atoms. The molecule has 0 amide bonds. The molecule has 0 aliphatic rings. The van der Waals surface area contributed by atoms with Gasteiger partial charge in [0.15, 0.2) is 24.3 Å². The van der Waals surface area contributed by atoms with Gasteiger partial charge in [0.05, 0.1) is 13.7 Å². The lowest BCUT2D eigenvalue weighted by molar-refractivity contribution is -0.917. The summed E-state index contributed by atoms with van der Waals surface area (Å²) >= 11 is 5.29. The van der Waals surface area contributed by atoms with E-state index in [2.05, 4.69) is 5.10 Å². The summed E-state index contributed by atoms with van der Waals surface area (Å²) in [6, 6.07) is 14.2. The van der Waals surface area contributed by atoms with Crippen LogP contribution in [0.2, 0.25) is 0 Å². The number of aromatic nitrogens is 2. The maximum Gasteiger partial charge on any atom is 0.292 e. The Balaban J connectivity index is 1.62. The van der Waals surface area contributed by atoms with Crippen molar-refractivity contribution in [2.24, 2.45) is 0 Å². The summed E-state index contributed by atoms with van der Waals surface area (Å²) in [5, 5.41) is 4.41. The number of halogens is 1. The first-order valence-electron chi connectivity index (χ1n) is 9.48. The summed E-state index contributed by atoms with van der Waals surface area (Å²) in [5.41, 5.74) is 1.18. The van der Waals surface area contributed by atoms with E-state index in [1.807, 2.05) is 38.2 Å². The van der Waals surface area contributed by atoms with Gasteiger partial charge >= 0.3 is 0 Å². The van der Waals surface area contributed by atoms with Gasteiger partial charge in [-0.2, -0.15) is 4.68 Å². The molecule has 0 saturated heterocycles. The summed E-state index contributed by atoms with van der Waals surface area (Å²) in [4.78, 5) is 1.43. The Morgan fingerprint density at radius 2 is 1.93 bits per heavy atom. The lowest BCUT2D eigenvalue weighted by Crippen LogP contribution is -3.07. The highest BCUT2D eigenvalue weighted by molar-refractivity contribution is 7.71. The van der Waals surface area contributed by atoms with Crippen molar-refractivity contribution < 1.29 is 23.2 Å². The normalized spacial score (nSPS) is 13.1. The van der Waals surface area contributed by atoms with Crippen molar-refractivity contribution in [2.75, 3.05) is 13.7 Å². The van der Waals surface area contributed by atoms with Crippen molar-refractivity contribution in [2.45, 2.75) is 33.2 Å². The molecule has 0 fully saturated rings. The molecule has 1 unspecified atom stereocenters. The molecule has 6 nitrogen and oxygen atoms in total. The van der Waals surface area contributed by atoms with Crippen LogP contribution >= 0.6 is 12.2 Å². The van der Waals surface area contributed by atoms with E-state index in [-0.39, 0.29) is 10.6 Å². The highest BCUT2D eigenvalue weighted by Crippen LogP contribution is 2.23. The van der Waals surface area contributed by atoms with Crippen molar-refractivity contribution in [3.8, 4) is 11.5 Å². The van der Waals surface area contributed by atoms with E-state index in [0.717, 1.165) is 12.3 Å². The molecule has 8 heteroatoms. The Bertz CT molecular complexity index is 987. The molecule has 0 aliphatic carbocycles. The van der Waals surface area contributed by atoms with Gasteiger partial charge in [-0.3, -0.25) is 0 Å². The third-order valence-electron chi connectivity index (χ3n) is 4.27. The number of benzene rings is 2. The summed E-state index contributed by atoms with van der Waals surface area (Å²) in [6.07, 6.45) is -0.568. The van der Waals surface area contributed by atoms with Crippen LogP contribution in [0.3, 0.4) is 0 Å². The van der Waals surface area contributed by atoms with Crippen LogP contribution in [-0.4, -0.2) is 23.4 Å². The second-order valence-electron chi connectivity index (χ2n) is 6.77.